The Balaban J connectivity index is 2.30. The zero-order chi connectivity index (χ0) is 11.7. The van der Waals surface area contributed by atoms with Crippen molar-refractivity contribution in [2.24, 2.45) is 5.92 Å². The number of nitrogens with zero attached hydrogens (tertiary/aromatic N) is 3. The summed E-state index contributed by atoms with van der Waals surface area (Å²) in [4.78, 5) is 9.63. The number of rotatable bonds is 1. The van der Waals surface area contributed by atoms with Gasteiger partial charge in [0.15, 0.2) is 11.6 Å². The first kappa shape index (κ1) is 11.1. The zero-order valence-electron chi connectivity index (χ0n) is 9.65. The molecule has 2 rings (SSSR count). The minimum atomic E-state index is -0.393. The summed E-state index contributed by atoms with van der Waals surface area (Å²) in [5.41, 5.74) is 5.50. The van der Waals surface area contributed by atoms with Gasteiger partial charge in [0, 0.05) is 12.6 Å². The summed E-state index contributed by atoms with van der Waals surface area (Å²) in [6.45, 7) is 5.08. The number of aromatic nitrogens is 2. The van der Waals surface area contributed by atoms with Gasteiger partial charge in [0.05, 0.1) is 6.20 Å². The number of anilines is 2. The lowest BCUT2D eigenvalue weighted by atomic mass is 9.95. The molecule has 16 heavy (non-hydrogen) atoms. The molecule has 2 atom stereocenters. The van der Waals surface area contributed by atoms with Gasteiger partial charge in [-0.05, 0) is 25.7 Å². The van der Waals surface area contributed by atoms with Crippen LogP contribution in [0.2, 0.25) is 0 Å². The Labute approximate surface area is 94.7 Å². The Morgan fingerprint density at radius 1 is 1.44 bits per heavy atom. The highest BCUT2D eigenvalue weighted by atomic mass is 19.1. The van der Waals surface area contributed by atoms with Crippen LogP contribution in [0.15, 0.2) is 6.20 Å². The molecule has 1 aromatic heterocycles. The third kappa shape index (κ3) is 2.08. The van der Waals surface area contributed by atoms with Crippen LogP contribution in [0.5, 0.6) is 0 Å². The van der Waals surface area contributed by atoms with Crippen molar-refractivity contribution >= 4 is 11.8 Å². The van der Waals surface area contributed by atoms with Crippen LogP contribution in [-0.4, -0.2) is 22.6 Å². The predicted octanol–water partition coefficient (Wildman–Crippen LogP) is 1.82. The van der Waals surface area contributed by atoms with E-state index in [0.717, 1.165) is 19.2 Å². The lowest BCUT2D eigenvalue weighted by Crippen LogP contribution is -2.42. The maximum Gasteiger partial charge on any atom is 0.222 e. The van der Waals surface area contributed by atoms with E-state index in [-0.39, 0.29) is 5.95 Å². The van der Waals surface area contributed by atoms with Crippen LogP contribution in [0.1, 0.15) is 26.7 Å². The van der Waals surface area contributed by atoms with Crippen molar-refractivity contribution in [2.75, 3.05) is 17.2 Å². The van der Waals surface area contributed by atoms with Crippen molar-refractivity contribution in [3.8, 4) is 0 Å². The fourth-order valence-corrected chi connectivity index (χ4v) is 2.16. The smallest absolute Gasteiger partial charge is 0.222 e. The molecule has 88 valence electrons. The largest absolute Gasteiger partial charge is 0.368 e. The lowest BCUT2D eigenvalue weighted by molar-refractivity contribution is 0.383. The van der Waals surface area contributed by atoms with Gasteiger partial charge in [-0.3, -0.25) is 0 Å². The van der Waals surface area contributed by atoms with Gasteiger partial charge in [-0.25, -0.2) is 9.37 Å². The maximum absolute atomic E-state index is 13.6. The highest BCUT2D eigenvalue weighted by Gasteiger charge is 2.26. The molecule has 2 N–H and O–H groups in total. The first-order valence-corrected chi connectivity index (χ1v) is 5.62. The molecule has 2 heterocycles. The number of halogens is 1. The van der Waals surface area contributed by atoms with Gasteiger partial charge in [-0.1, -0.05) is 6.92 Å². The molecule has 2 unspecified atom stereocenters. The predicted molar refractivity (Wildman–Crippen MR) is 61.6 cm³/mol. The summed E-state index contributed by atoms with van der Waals surface area (Å²) in [5.74, 6) is 0.635. The zero-order valence-corrected chi connectivity index (χ0v) is 9.65. The second kappa shape index (κ2) is 4.23. The average Bonchev–Trinajstić information content (AvgIpc) is 2.25. The molecule has 1 aromatic rings. The molecule has 0 aliphatic carbocycles. The standard InChI is InChI=1S/C11H17FN4/c1-7-3-4-8(2)16(6-7)10-9(12)5-14-11(13)15-10/h5,7-8H,3-4,6H2,1-2H3,(H2,13,14,15). The Morgan fingerprint density at radius 2 is 2.19 bits per heavy atom. The van der Waals surface area contributed by atoms with Crippen molar-refractivity contribution in [3.63, 3.8) is 0 Å². The summed E-state index contributed by atoms with van der Waals surface area (Å²) in [5, 5.41) is 0. The van der Waals surface area contributed by atoms with Crippen LogP contribution in [0, 0.1) is 11.7 Å². The second-order valence-electron chi connectivity index (χ2n) is 4.58. The fraction of sp³-hybridized carbons (Fsp3) is 0.636. The van der Waals surface area contributed by atoms with Crippen LogP contribution in [0.4, 0.5) is 16.2 Å². The van der Waals surface area contributed by atoms with Crippen LogP contribution in [0.3, 0.4) is 0 Å². The molecule has 1 fully saturated rings. The molecule has 0 radical (unpaired) electrons. The van der Waals surface area contributed by atoms with Gasteiger partial charge in [-0.2, -0.15) is 4.98 Å². The summed E-state index contributed by atoms with van der Waals surface area (Å²) < 4.78 is 13.6. The SMILES string of the molecule is CC1CCC(C)N(c2nc(N)ncc2F)C1. The van der Waals surface area contributed by atoms with E-state index in [9.17, 15) is 4.39 Å². The Bertz CT molecular complexity index is 382. The van der Waals surface area contributed by atoms with E-state index in [1.165, 1.54) is 6.42 Å². The summed E-state index contributed by atoms with van der Waals surface area (Å²) >= 11 is 0. The molecule has 1 aliphatic heterocycles. The molecule has 0 bridgehead atoms. The molecule has 0 aromatic carbocycles. The Kier molecular flexibility index (Phi) is 2.94. The quantitative estimate of drug-likeness (QED) is 0.790. The minimum Gasteiger partial charge on any atom is -0.368 e. The van der Waals surface area contributed by atoms with Crippen molar-refractivity contribution in [1.82, 2.24) is 9.97 Å². The Morgan fingerprint density at radius 3 is 2.94 bits per heavy atom. The molecule has 5 heteroatoms. The van der Waals surface area contributed by atoms with Gasteiger partial charge in [0.1, 0.15) is 0 Å². The van der Waals surface area contributed by atoms with Gasteiger partial charge in [-0.15, -0.1) is 0 Å². The molecular formula is C11H17FN4. The first-order chi connectivity index (χ1) is 7.58. The molecule has 0 saturated carbocycles. The number of nitrogens with two attached hydrogens (primary N) is 1. The van der Waals surface area contributed by atoms with E-state index >= 15 is 0 Å². The monoisotopic (exact) mass is 224 g/mol. The van der Waals surface area contributed by atoms with E-state index in [2.05, 4.69) is 23.8 Å². The van der Waals surface area contributed by atoms with E-state index in [0.29, 0.717) is 17.8 Å². The third-order valence-corrected chi connectivity index (χ3v) is 3.13. The minimum absolute atomic E-state index is 0.127. The lowest BCUT2D eigenvalue weighted by Gasteiger charge is -2.37. The van der Waals surface area contributed by atoms with Gasteiger partial charge >= 0.3 is 0 Å². The number of piperidine rings is 1. The third-order valence-electron chi connectivity index (χ3n) is 3.13. The summed E-state index contributed by atoms with van der Waals surface area (Å²) in [6, 6.07) is 0.306. The van der Waals surface area contributed by atoms with E-state index in [4.69, 9.17) is 5.73 Å². The molecule has 0 spiro atoms. The highest BCUT2D eigenvalue weighted by molar-refractivity contribution is 5.44. The average molecular weight is 224 g/mol. The number of nitrogen functional groups attached to an aromatic ring is 1. The van der Waals surface area contributed by atoms with Crippen molar-refractivity contribution in [1.29, 1.82) is 0 Å². The molecule has 1 saturated heterocycles. The van der Waals surface area contributed by atoms with E-state index in [1.54, 1.807) is 0 Å². The fourth-order valence-electron chi connectivity index (χ4n) is 2.16. The molecule has 0 amide bonds. The van der Waals surface area contributed by atoms with Crippen LogP contribution < -0.4 is 10.6 Å². The van der Waals surface area contributed by atoms with E-state index in [1.807, 2.05) is 4.90 Å². The van der Waals surface area contributed by atoms with Crippen molar-refractivity contribution in [2.45, 2.75) is 32.7 Å². The van der Waals surface area contributed by atoms with Crippen molar-refractivity contribution < 1.29 is 4.39 Å². The highest BCUT2D eigenvalue weighted by Crippen LogP contribution is 2.27. The van der Waals surface area contributed by atoms with Crippen LogP contribution >= 0.6 is 0 Å². The summed E-state index contributed by atoms with van der Waals surface area (Å²) in [6.07, 6.45) is 3.38. The second-order valence-corrected chi connectivity index (χ2v) is 4.58. The summed E-state index contributed by atoms with van der Waals surface area (Å²) in [7, 11) is 0. The number of hydrogen-bond donors (Lipinski definition) is 1. The van der Waals surface area contributed by atoms with Crippen LogP contribution in [-0.2, 0) is 0 Å². The normalized spacial score (nSPS) is 25.8. The Hall–Kier alpha value is -1.39. The van der Waals surface area contributed by atoms with Crippen molar-refractivity contribution in [3.05, 3.63) is 12.0 Å². The van der Waals surface area contributed by atoms with Gasteiger partial charge < -0.3 is 10.6 Å². The topological polar surface area (TPSA) is 55.0 Å². The van der Waals surface area contributed by atoms with Gasteiger partial charge in [0.25, 0.3) is 0 Å². The molecule has 4 nitrogen and oxygen atoms in total. The maximum atomic E-state index is 13.6. The molecular weight excluding hydrogens is 207 g/mol. The van der Waals surface area contributed by atoms with Crippen LogP contribution in [0.25, 0.3) is 0 Å². The first-order valence-electron chi connectivity index (χ1n) is 5.62. The van der Waals surface area contributed by atoms with E-state index < -0.39 is 5.82 Å². The van der Waals surface area contributed by atoms with Gasteiger partial charge in [0.2, 0.25) is 5.95 Å². The molecule has 1 aliphatic rings. The number of hydrogen-bond acceptors (Lipinski definition) is 4.